The molecular weight excluding hydrogens is 913 g/mol. The Kier molecular flexibility index (Phi) is 14.3. The lowest BCUT2D eigenvalue weighted by Crippen LogP contribution is -2.55. The van der Waals surface area contributed by atoms with Crippen molar-refractivity contribution in [3.8, 4) is 34.6 Å². The minimum Gasteiger partial charge on any atom is -0.477 e. The van der Waals surface area contributed by atoms with E-state index in [4.69, 9.17) is 9.72 Å². The van der Waals surface area contributed by atoms with E-state index in [1.807, 2.05) is 60.4 Å². The van der Waals surface area contributed by atoms with Gasteiger partial charge in [0.05, 0.1) is 48.1 Å². The van der Waals surface area contributed by atoms with Crippen molar-refractivity contribution in [3.63, 3.8) is 0 Å². The summed E-state index contributed by atoms with van der Waals surface area (Å²) in [6.07, 6.45) is 6.92. The Labute approximate surface area is 416 Å². The van der Waals surface area contributed by atoms with Crippen LogP contribution in [0.25, 0.3) is 33.4 Å². The maximum atomic E-state index is 13.8. The van der Waals surface area contributed by atoms with Gasteiger partial charge in [0.25, 0.3) is 17.0 Å². The molecule has 0 spiro atoms. The Morgan fingerprint density at radius 3 is 2.43 bits per heavy atom. The highest BCUT2D eigenvalue weighted by Gasteiger charge is 2.33. The number of carbonyl (C=O) groups excluding carboxylic acids is 3. The topological polar surface area (TPSA) is 214 Å². The molecule has 2 N–H and O–H groups in total. The van der Waals surface area contributed by atoms with Gasteiger partial charge in [-0.3, -0.25) is 34.2 Å². The summed E-state index contributed by atoms with van der Waals surface area (Å²) in [5, 5.41) is 25.6. The van der Waals surface area contributed by atoms with Crippen LogP contribution in [0.4, 0.5) is 5.69 Å². The highest BCUT2D eigenvalue weighted by Crippen LogP contribution is 2.31. The van der Waals surface area contributed by atoms with Gasteiger partial charge in [0.1, 0.15) is 6.04 Å². The van der Waals surface area contributed by atoms with Crippen LogP contribution in [-0.4, -0.2) is 122 Å². The van der Waals surface area contributed by atoms with Gasteiger partial charge in [0.2, 0.25) is 17.7 Å². The number of nitrogens with zero attached hydrogens (tertiary/aromatic N) is 10. The number of hydrogen-bond donors (Lipinski definition) is 2. The van der Waals surface area contributed by atoms with Gasteiger partial charge in [-0.25, -0.2) is 14.3 Å². The molecule has 18 nitrogen and oxygen atoms in total. The minimum absolute atomic E-state index is 0.173. The fourth-order valence-corrected chi connectivity index (χ4v) is 10.6. The number of likely N-dealkylation sites (tertiary alicyclic amines) is 1. The summed E-state index contributed by atoms with van der Waals surface area (Å²) in [4.78, 5) is 80.1. The molecular formula is C54H58N12O6. The number of imide groups is 1. The minimum atomic E-state index is -0.802. The Morgan fingerprint density at radius 2 is 1.64 bits per heavy atom. The molecule has 72 heavy (non-hydrogen) atoms. The largest absolute Gasteiger partial charge is 0.477 e. The first kappa shape index (κ1) is 48.0. The Morgan fingerprint density at radius 1 is 0.833 bits per heavy atom. The van der Waals surface area contributed by atoms with Gasteiger partial charge in [-0.2, -0.15) is 20.4 Å². The molecule has 4 aliphatic heterocycles. The number of rotatable bonds is 13. The highest BCUT2D eigenvalue weighted by atomic mass is 16.5. The van der Waals surface area contributed by atoms with E-state index in [-0.39, 0.29) is 48.4 Å². The number of carbonyl (C=O) groups is 3. The van der Waals surface area contributed by atoms with Gasteiger partial charge in [0.15, 0.2) is 5.82 Å². The molecule has 0 bridgehead atoms. The van der Waals surface area contributed by atoms with E-state index in [9.17, 15) is 29.2 Å². The van der Waals surface area contributed by atoms with E-state index in [1.165, 1.54) is 15.4 Å². The Balaban J connectivity index is 0.672. The molecule has 4 fully saturated rings. The van der Waals surface area contributed by atoms with Crippen molar-refractivity contribution in [2.45, 2.75) is 70.5 Å². The molecule has 4 aliphatic rings. The second kappa shape index (κ2) is 21.4. The SMILES string of the molecule is Cc1nn(C2CCC(=O)NC2=O)c(=O)c2ccc(N3CCC(CC4CNCCN4CC(=O)N4CCC(COc5ccnc(-c6ccc(Cn7nc(-c8cccc(C#N)c8)ccc7=O)cc6)n5)CC4)CC3)cc12. The number of anilines is 1. The average molecular weight is 971 g/mol. The van der Waals surface area contributed by atoms with Gasteiger partial charge in [-0.1, -0.05) is 36.4 Å². The molecule has 0 aliphatic carbocycles. The van der Waals surface area contributed by atoms with Crippen molar-refractivity contribution < 1.29 is 19.1 Å². The number of nitriles is 1. The summed E-state index contributed by atoms with van der Waals surface area (Å²) in [7, 11) is 0. The molecule has 6 aromatic rings. The summed E-state index contributed by atoms with van der Waals surface area (Å²) < 4.78 is 8.85. The van der Waals surface area contributed by atoms with E-state index in [0.717, 1.165) is 92.6 Å². The van der Waals surface area contributed by atoms with Crippen molar-refractivity contribution >= 4 is 34.2 Å². The average Bonchev–Trinajstić information content (AvgIpc) is 3.41. The number of hydrogen-bond acceptors (Lipinski definition) is 14. The molecule has 3 amide bonds. The maximum Gasteiger partial charge on any atom is 0.275 e. The predicted octanol–water partition coefficient (Wildman–Crippen LogP) is 4.48. The molecule has 4 saturated heterocycles. The van der Waals surface area contributed by atoms with E-state index >= 15 is 0 Å². The molecule has 10 rings (SSSR count). The third-order valence-corrected chi connectivity index (χ3v) is 14.8. The third kappa shape index (κ3) is 10.8. The van der Waals surface area contributed by atoms with E-state index < -0.39 is 11.9 Å². The quantitative estimate of drug-likeness (QED) is 0.153. The van der Waals surface area contributed by atoms with Gasteiger partial charge in [-0.15, -0.1) is 0 Å². The molecule has 370 valence electrons. The number of amides is 3. The Bertz CT molecular complexity index is 3150. The normalized spacial score (nSPS) is 19.3. The molecule has 2 atom stereocenters. The van der Waals surface area contributed by atoms with E-state index in [2.05, 4.69) is 41.7 Å². The smallest absolute Gasteiger partial charge is 0.275 e. The monoisotopic (exact) mass is 970 g/mol. The number of ether oxygens (including phenoxy) is 1. The van der Waals surface area contributed by atoms with Crippen molar-refractivity contribution in [1.82, 2.24) is 50.0 Å². The number of benzene rings is 3. The van der Waals surface area contributed by atoms with Crippen LogP contribution in [0.3, 0.4) is 0 Å². The molecule has 3 aromatic heterocycles. The lowest BCUT2D eigenvalue weighted by Gasteiger charge is -2.41. The lowest BCUT2D eigenvalue weighted by atomic mass is 9.88. The number of piperazine rings is 1. The van der Waals surface area contributed by atoms with Crippen LogP contribution in [0.1, 0.15) is 67.8 Å². The van der Waals surface area contributed by atoms with Crippen LogP contribution in [0.2, 0.25) is 0 Å². The van der Waals surface area contributed by atoms with Gasteiger partial charge in [-0.05, 0) is 99.2 Å². The Hall–Kier alpha value is -7.62. The number of nitrogens with one attached hydrogen (secondary N) is 2. The summed E-state index contributed by atoms with van der Waals surface area (Å²) in [6, 6.07) is 27.2. The fourth-order valence-electron chi connectivity index (χ4n) is 10.6. The van der Waals surface area contributed by atoms with Crippen molar-refractivity contribution in [3.05, 3.63) is 129 Å². The molecule has 2 unspecified atom stereocenters. The second-order valence-electron chi connectivity index (χ2n) is 19.5. The first-order valence-corrected chi connectivity index (χ1v) is 25.0. The van der Waals surface area contributed by atoms with Crippen LogP contribution in [0.5, 0.6) is 5.88 Å². The lowest BCUT2D eigenvalue weighted by molar-refractivity contribution is -0.136. The molecule has 3 aromatic carbocycles. The van der Waals surface area contributed by atoms with E-state index in [0.29, 0.717) is 72.1 Å². The number of piperidine rings is 3. The first-order chi connectivity index (χ1) is 35.0. The summed E-state index contributed by atoms with van der Waals surface area (Å²) in [5.74, 6) is 1.22. The van der Waals surface area contributed by atoms with Crippen molar-refractivity contribution in [2.24, 2.45) is 11.8 Å². The molecule has 0 saturated carbocycles. The van der Waals surface area contributed by atoms with Crippen LogP contribution in [-0.2, 0) is 20.9 Å². The first-order valence-electron chi connectivity index (χ1n) is 25.0. The number of aryl methyl sites for hydroxylation is 1. The summed E-state index contributed by atoms with van der Waals surface area (Å²) in [6.45, 7) is 8.81. The third-order valence-electron chi connectivity index (χ3n) is 14.8. The summed E-state index contributed by atoms with van der Waals surface area (Å²) >= 11 is 0. The van der Waals surface area contributed by atoms with Gasteiger partial charge < -0.3 is 19.9 Å². The van der Waals surface area contributed by atoms with Crippen LogP contribution < -0.4 is 31.4 Å². The van der Waals surface area contributed by atoms with E-state index in [1.54, 1.807) is 36.5 Å². The van der Waals surface area contributed by atoms with Crippen LogP contribution in [0.15, 0.2) is 101 Å². The second-order valence-corrected chi connectivity index (χ2v) is 19.5. The van der Waals surface area contributed by atoms with Gasteiger partial charge >= 0.3 is 0 Å². The zero-order chi connectivity index (χ0) is 49.7. The number of aromatic nitrogens is 6. The molecule has 7 heterocycles. The standard InChI is InChI=1S/C54H58N12O6/c1-35-45-29-42(9-10-44(45)54(71)66(60-35)47-12-13-48(67)58-53(47)70)62-22-16-36(17-23-62)28-43-31-56-21-26-64(43)33-51(69)63-24-18-38(19-25-63)34-72-49-15-20-57-52(59-49)40-7-5-37(6-8-40)32-65-50(68)14-11-46(61-65)41-4-2-3-39(27-41)30-55/h2-11,14-15,20,27,29,36,38,43,47,56H,12-13,16-19,21-26,28,31-34H2,1H3,(H,58,67,70). The van der Waals surface area contributed by atoms with Crippen molar-refractivity contribution in [2.75, 3.05) is 63.9 Å². The summed E-state index contributed by atoms with van der Waals surface area (Å²) in [5.41, 5.74) is 4.75. The number of fused-ring (bicyclic) bond motifs is 1. The maximum absolute atomic E-state index is 13.8. The molecule has 0 radical (unpaired) electrons. The van der Waals surface area contributed by atoms with Crippen LogP contribution >= 0.6 is 0 Å². The molecule has 18 heteroatoms. The fraction of sp³-hybridized carbons (Fsp3) is 0.407. The highest BCUT2D eigenvalue weighted by molar-refractivity contribution is 5.99. The van der Waals surface area contributed by atoms with Crippen molar-refractivity contribution in [1.29, 1.82) is 5.26 Å². The zero-order valence-corrected chi connectivity index (χ0v) is 40.4. The predicted molar refractivity (Wildman–Crippen MR) is 270 cm³/mol. The zero-order valence-electron chi connectivity index (χ0n) is 40.4. The van der Waals surface area contributed by atoms with Gasteiger partial charge in [0, 0.05) is 98.8 Å². The van der Waals surface area contributed by atoms with Crippen LogP contribution in [0, 0.1) is 30.1 Å².